The van der Waals surface area contributed by atoms with Gasteiger partial charge in [-0.15, -0.1) is 0 Å². The topological polar surface area (TPSA) is 55.4 Å². The fourth-order valence-corrected chi connectivity index (χ4v) is 2.75. The molecule has 0 aliphatic heterocycles. The van der Waals surface area contributed by atoms with Crippen molar-refractivity contribution in [2.24, 2.45) is 0 Å². The monoisotopic (exact) mass is 395 g/mol. The second-order valence-corrected chi connectivity index (χ2v) is 6.22. The molecule has 0 spiro atoms. The third kappa shape index (κ3) is 4.81. The average molecular weight is 397 g/mol. The summed E-state index contributed by atoms with van der Waals surface area (Å²) in [4.78, 5) is 23.0. The number of ether oxygens (including phenoxy) is 1. The molecule has 0 heterocycles. The van der Waals surface area contributed by atoms with Gasteiger partial charge in [0.25, 0.3) is 5.91 Å². The SMILES string of the molecule is C[C@@H](NC(=O)COc1ccc(Br)cc1C=O)c1ccccc1Cl. The van der Waals surface area contributed by atoms with Crippen LogP contribution in [0.3, 0.4) is 0 Å². The molecule has 0 aromatic heterocycles. The number of amides is 1. The van der Waals surface area contributed by atoms with Crippen molar-refractivity contribution in [3.63, 3.8) is 0 Å². The molecule has 0 saturated heterocycles. The second-order valence-electron chi connectivity index (χ2n) is 4.90. The fourth-order valence-electron chi connectivity index (χ4n) is 2.07. The van der Waals surface area contributed by atoms with E-state index in [0.29, 0.717) is 22.6 Å². The second kappa shape index (κ2) is 8.13. The van der Waals surface area contributed by atoms with Crippen LogP contribution < -0.4 is 10.1 Å². The van der Waals surface area contributed by atoms with Gasteiger partial charge in [-0.3, -0.25) is 9.59 Å². The molecule has 1 atom stereocenters. The van der Waals surface area contributed by atoms with E-state index in [-0.39, 0.29) is 18.6 Å². The Morgan fingerprint density at radius 2 is 2.09 bits per heavy atom. The van der Waals surface area contributed by atoms with Crippen LogP contribution in [0.2, 0.25) is 5.02 Å². The Morgan fingerprint density at radius 3 is 2.78 bits per heavy atom. The van der Waals surface area contributed by atoms with Crippen molar-refractivity contribution in [1.82, 2.24) is 5.32 Å². The number of nitrogens with one attached hydrogen (secondary N) is 1. The molecule has 0 bridgehead atoms. The summed E-state index contributed by atoms with van der Waals surface area (Å²) >= 11 is 9.38. The van der Waals surface area contributed by atoms with E-state index < -0.39 is 0 Å². The number of hydrogen-bond acceptors (Lipinski definition) is 3. The van der Waals surface area contributed by atoms with Gasteiger partial charge in [0.2, 0.25) is 0 Å². The number of rotatable bonds is 6. The quantitative estimate of drug-likeness (QED) is 0.746. The minimum Gasteiger partial charge on any atom is -0.483 e. The summed E-state index contributed by atoms with van der Waals surface area (Å²) in [5.41, 5.74) is 1.21. The largest absolute Gasteiger partial charge is 0.483 e. The molecule has 23 heavy (non-hydrogen) atoms. The van der Waals surface area contributed by atoms with E-state index in [4.69, 9.17) is 16.3 Å². The Balaban J connectivity index is 1.95. The molecule has 6 heteroatoms. The number of benzene rings is 2. The zero-order valence-electron chi connectivity index (χ0n) is 12.4. The summed E-state index contributed by atoms with van der Waals surface area (Å²) in [5, 5.41) is 3.40. The third-order valence-corrected chi connectivity index (χ3v) is 4.04. The molecule has 4 nitrogen and oxygen atoms in total. The lowest BCUT2D eigenvalue weighted by Crippen LogP contribution is -2.31. The van der Waals surface area contributed by atoms with Gasteiger partial charge in [0.1, 0.15) is 5.75 Å². The van der Waals surface area contributed by atoms with Gasteiger partial charge in [-0.05, 0) is 36.8 Å². The molecule has 0 fully saturated rings. The number of halogens is 2. The van der Waals surface area contributed by atoms with E-state index in [9.17, 15) is 9.59 Å². The molecule has 1 amide bonds. The predicted molar refractivity (Wildman–Crippen MR) is 93.0 cm³/mol. The van der Waals surface area contributed by atoms with Crippen molar-refractivity contribution < 1.29 is 14.3 Å². The summed E-state index contributed by atoms with van der Waals surface area (Å²) in [6.45, 7) is 1.66. The Morgan fingerprint density at radius 1 is 1.35 bits per heavy atom. The molecule has 0 aliphatic carbocycles. The Bertz CT molecular complexity index is 721. The first-order chi connectivity index (χ1) is 11.0. The number of carbonyl (C=O) groups excluding carboxylic acids is 2. The van der Waals surface area contributed by atoms with Crippen LogP contribution in [-0.4, -0.2) is 18.8 Å². The van der Waals surface area contributed by atoms with Gasteiger partial charge in [-0.25, -0.2) is 0 Å². The number of aldehydes is 1. The van der Waals surface area contributed by atoms with Crippen molar-refractivity contribution in [2.45, 2.75) is 13.0 Å². The highest BCUT2D eigenvalue weighted by molar-refractivity contribution is 9.10. The molecular weight excluding hydrogens is 382 g/mol. The van der Waals surface area contributed by atoms with Crippen LogP contribution in [0.15, 0.2) is 46.9 Å². The summed E-state index contributed by atoms with van der Waals surface area (Å²) in [6, 6.07) is 12.1. The van der Waals surface area contributed by atoms with E-state index >= 15 is 0 Å². The van der Waals surface area contributed by atoms with Crippen LogP contribution in [0, 0.1) is 0 Å². The van der Waals surface area contributed by atoms with Crippen molar-refractivity contribution in [3.05, 3.63) is 63.1 Å². The van der Waals surface area contributed by atoms with Crippen LogP contribution in [-0.2, 0) is 4.79 Å². The molecule has 120 valence electrons. The third-order valence-electron chi connectivity index (χ3n) is 3.21. The highest BCUT2D eigenvalue weighted by Gasteiger charge is 2.13. The summed E-state index contributed by atoms with van der Waals surface area (Å²) < 4.78 is 6.18. The highest BCUT2D eigenvalue weighted by atomic mass is 79.9. The van der Waals surface area contributed by atoms with E-state index in [0.717, 1.165) is 10.0 Å². The van der Waals surface area contributed by atoms with Gasteiger partial charge in [0.05, 0.1) is 11.6 Å². The Labute approximate surface area is 147 Å². The van der Waals surface area contributed by atoms with Gasteiger partial charge in [-0.2, -0.15) is 0 Å². The van der Waals surface area contributed by atoms with Gasteiger partial charge in [0.15, 0.2) is 12.9 Å². The molecule has 1 N–H and O–H groups in total. The normalized spacial score (nSPS) is 11.6. The summed E-state index contributed by atoms with van der Waals surface area (Å²) in [6.07, 6.45) is 0.685. The van der Waals surface area contributed by atoms with Gasteiger partial charge in [0, 0.05) is 9.50 Å². The van der Waals surface area contributed by atoms with Crippen LogP contribution in [0.1, 0.15) is 28.9 Å². The predicted octanol–water partition coefficient (Wildman–Crippen LogP) is 4.17. The maximum Gasteiger partial charge on any atom is 0.258 e. The van der Waals surface area contributed by atoms with Gasteiger partial charge < -0.3 is 10.1 Å². The number of carbonyl (C=O) groups is 2. The first kappa shape index (κ1) is 17.5. The van der Waals surface area contributed by atoms with Crippen molar-refractivity contribution in [1.29, 1.82) is 0 Å². The standard InChI is InChI=1S/C17H15BrClNO3/c1-11(14-4-2-3-5-15(14)19)20-17(22)10-23-16-7-6-13(18)8-12(16)9-21/h2-9,11H,10H2,1H3,(H,20,22)/t11-/m1/s1. The van der Waals surface area contributed by atoms with Crippen LogP contribution in [0.4, 0.5) is 0 Å². The van der Waals surface area contributed by atoms with E-state index in [2.05, 4.69) is 21.2 Å². The van der Waals surface area contributed by atoms with Crippen LogP contribution in [0.5, 0.6) is 5.75 Å². The molecule has 0 radical (unpaired) electrons. The molecule has 0 aliphatic rings. The van der Waals surface area contributed by atoms with Crippen LogP contribution >= 0.6 is 27.5 Å². The van der Waals surface area contributed by atoms with Crippen molar-refractivity contribution in [3.8, 4) is 5.75 Å². The smallest absolute Gasteiger partial charge is 0.258 e. The lowest BCUT2D eigenvalue weighted by molar-refractivity contribution is -0.123. The Hall–Kier alpha value is -1.85. The van der Waals surface area contributed by atoms with Gasteiger partial charge >= 0.3 is 0 Å². The lowest BCUT2D eigenvalue weighted by Gasteiger charge is -2.16. The number of hydrogen-bond donors (Lipinski definition) is 1. The molecular formula is C17H15BrClNO3. The summed E-state index contributed by atoms with van der Waals surface area (Å²) in [7, 11) is 0. The van der Waals surface area contributed by atoms with Crippen molar-refractivity contribution >= 4 is 39.7 Å². The van der Waals surface area contributed by atoms with E-state index in [1.807, 2.05) is 25.1 Å². The zero-order chi connectivity index (χ0) is 16.8. The average Bonchev–Trinajstić information content (AvgIpc) is 2.53. The van der Waals surface area contributed by atoms with E-state index in [1.54, 1.807) is 24.3 Å². The molecule has 0 unspecified atom stereocenters. The van der Waals surface area contributed by atoms with E-state index in [1.165, 1.54) is 0 Å². The minimum atomic E-state index is -0.294. The molecule has 0 saturated carbocycles. The minimum absolute atomic E-state index is 0.183. The summed E-state index contributed by atoms with van der Waals surface area (Å²) in [5.74, 6) is 0.0703. The van der Waals surface area contributed by atoms with Crippen molar-refractivity contribution in [2.75, 3.05) is 6.61 Å². The maximum atomic E-state index is 12.0. The molecule has 2 aromatic rings. The first-order valence-electron chi connectivity index (χ1n) is 6.92. The van der Waals surface area contributed by atoms with Gasteiger partial charge in [-0.1, -0.05) is 45.7 Å². The highest BCUT2D eigenvalue weighted by Crippen LogP contribution is 2.23. The fraction of sp³-hybridized carbons (Fsp3) is 0.176. The lowest BCUT2D eigenvalue weighted by atomic mass is 10.1. The molecule has 2 rings (SSSR count). The zero-order valence-corrected chi connectivity index (χ0v) is 14.7. The van der Waals surface area contributed by atoms with Crippen LogP contribution in [0.25, 0.3) is 0 Å². The Kier molecular flexibility index (Phi) is 6.19. The maximum absolute atomic E-state index is 12.0. The molecule has 2 aromatic carbocycles. The first-order valence-corrected chi connectivity index (χ1v) is 8.09.